The largest absolute Gasteiger partial charge is 0.355 e. The first-order chi connectivity index (χ1) is 9.70. The van der Waals surface area contributed by atoms with E-state index in [9.17, 15) is 4.79 Å². The molecule has 1 atom stereocenters. The van der Waals surface area contributed by atoms with Crippen molar-refractivity contribution in [3.63, 3.8) is 0 Å². The Labute approximate surface area is 128 Å². The first-order valence-corrected chi connectivity index (χ1v) is 7.93. The van der Waals surface area contributed by atoms with Crippen LogP contribution in [0.3, 0.4) is 0 Å². The highest BCUT2D eigenvalue weighted by Crippen LogP contribution is 2.22. The fraction of sp³-hybridized carbons (Fsp3) is 0.533. The zero-order chi connectivity index (χ0) is 14.4. The molecule has 1 amide bonds. The van der Waals surface area contributed by atoms with Crippen molar-refractivity contribution in [3.8, 4) is 0 Å². The van der Waals surface area contributed by atoms with E-state index in [1.54, 1.807) is 0 Å². The van der Waals surface area contributed by atoms with Crippen molar-refractivity contribution < 1.29 is 4.79 Å². The Morgan fingerprint density at radius 1 is 1.45 bits per heavy atom. The van der Waals surface area contributed by atoms with Gasteiger partial charge in [-0.3, -0.25) is 9.69 Å². The van der Waals surface area contributed by atoms with E-state index < -0.39 is 0 Å². The van der Waals surface area contributed by atoms with Gasteiger partial charge >= 0.3 is 0 Å². The van der Waals surface area contributed by atoms with Crippen molar-refractivity contribution in [2.75, 3.05) is 26.2 Å². The van der Waals surface area contributed by atoms with E-state index >= 15 is 0 Å². The predicted molar refractivity (Wildman–Crippen MR) is 84.2 cm³/mol. The summed E-state index contributed by atoms with van der Waals surface area (Å²) in [5.41, 5.74) is 6.70. The molecular formula is C15H22BrN3O. The Morgan fingerprint density at radius 2 is 2.25 bits per heavy atom. The van der Waals surface area contributed by atoms with Crippen LogP contribution in [0.1, 0.15) is 18.4 Å². The van der Waals surface area contributed by atoms with Gasteiger partial charge in [0.15, 0.2) is 0 Å². The normalized spacial score (nSPS) is 19.8. The quantitative estimate of drug-likeness (QED) is 0.858. The van der Waals surface area contributed by atoms with Crippen molar-refractivity contribution in [2.24, 2.45) is 11.7 Å². The molecule has 1 fully saturated rings. The minimum atomic E-state index is 0.0952. The van der Waals surface area contributed by atoms with Crippen molar-refractivity contribution >= 4 is 21.8 Å². The van der Waals surface area contributed by atoms with Gasteiger partial charge in [0.05, 0.1) is 5.92 Å². The smallest absolute Gasteiger partial charge is 0.224 e. The van der Waals surface area contributed by atoms with Gasteiger partial charge in [-0.25, -0.2) is 0 Å². The Kier molecular flexibility index (Phi) is 6.01. The fourth-order valence-corrected chi connectivity index (χ4v) is 3.03. The van der Waals surface area contributed by atoms with E-state index in [1.807, 2.05) is 6.07 Å². The van der Waals surface area contributed by atoms with Gasteiger partial charge in [0.2, 0.25) is 5.91 Å². The molecule has 1 saturated heterocycles. The highest BCUT2D eigenvalue weighted by molar-refractivity contribution is 9.10. The molecule has 1 unspecified atom stereocenters. The van der Waals surface area contributed by atoms with Gasteiger partial charge in [-0.05, 0) is 31.0 Å². The number of piperidine rings is 1. The molecular weight excluding hydrogens is 318 g/mol. The van der Waals surface area contributed by atoms with Crippen LogP contribution in [0, 0.1) is 5.92 Å². The van der Waals surface area contributed by atoms with Crippen LogP contribution >= 0.6 is 15.9 Å². The summed E-state index contributed by atoms with van der Waals surface area (Å²) < 4.78 is 1.13. The number of nitrogens with two attached hydrogens (primary N) is 1. The van der Waals surface area contributed by atoms with E-state index in [1.165, 1.54) is 5.56 Å². The maximum atomic E-state index is 12.0. The van der Waals surface area contributed by atoms with Gasteiger partial charge in [-0.15, -0.1) is 0 Å². The van der Waals surface area contributed by atoms with E-state index in [0.717, 1.165) is 36.9 Å². The summed E-state index contributed by atoms with van der Waals surface area (Å²) in [6, 6.07) is 8.26. The zero-order valence-corrected chi connectivity index (χ0v) is 13.2. The molecule has 0 spiro atoms. The molecule has 20 heavy (non-hydrogen) atoms. The Hall–Kier alpha value is -0.910. The average molecular weight is 340 g/mol. The number of halogens is 1. The highest BCUT2D eigenvalue weighted by Gasteiger charge is 2.25. The molecule has 0 aliphatic carbocycles. The average Bonchev–Trinajstić information content (AvgIpc) is 2.47. The predicted octanol–water partition coefficient (Wildman–Crippen LogP) is 1.74. The number of hydrogen-bond donors (Lipinski definition) is 2. The number of benzene rings is 1. The molecule has 1 aliphatic rings. The molecule has 1 aromatic rings. The Balaban J connectivity index is 1.90. The molecule has 4 nitrogen and oxygen atoms in total. The zero-order valence-electron chi connectivity index (χ0n) is 11.6. The Morgan fingerprint density at radius 3 is 3.00 bits per heavy atom. The SMILES string of the molecule is NCCNC(=O)C1CCCN(Cc2ccccc2Br)C1. The van der Waals surface area contributed by atoms with E-state index in [2.05, 4.69) is 44.3 Å². The van der Waals surface area contributed by atoms with Gasteiger partial charge in [-0.2, -0.15) is 0 Å². The first kappa shape index (κ1) is 15.5. The van der Waals surface area contributed by atoms with Gasteiger partial charge in [0.25, 0.3) is 0 Å². The van der Waals surface area contributed by atoms with Crippen LogP contribution in [0.5, 0.6) is 0 Å². The monoisotopic (exact) mass is 339 g/mol. The summed E-state index contributed by atoms with van der Waals surface area (Å²) in [6.45, 7) is 3.85. The van der Waals surface area contributed by atoms with Crippen LogP contribution in [0.15, 0.2) is 28.7 Å². The molecule has 0 radical (unpaired) electrons. The minimum Gasteiger partial charge on any atom is -0.355 e. The molecule has 2 rings (SSSR count). The molecule has 1 aliphatic heterocycles. The third kappa shape index (κ3) is 4.30. The lowest BCUT2D eigenvalue weighted by Gasteiger charge is -2.32. The summed E-state index contributed by atoms with van der Waals surface area (Å²) in [5, 5.41) is 2.90. The van der Waals surface area contributed by atoms with Crippen molar-refractivity contribution in [1.82, 2.24) is 10.2 Å². The van der Waals surface area contributed by atoms with E-state index in [4.69, 9.17) is 5.73 Å². The third-order valence-electron chi connectivity index (χ3n) is 3.67. The fourth-order valence-electron chi connectivity index (χ4n) is 2.62. The number of nitrogens with zero attached hydrogens (tertiary/aromatic N) is 1. The van der Waals surface area contributed by atoms with Crippen molar-refractivity contribution in [1.29, 1.82) is 0 Å². The number of rotatable bonds is 5. The highest BCUT2D eigenvalue weighted by atomic mass is 79.9. The van der Waals surface area contributed by atoms with Crippen LogP contribution < -0.4 is 11.1 Å². The first-order valence-electron chi connectivity index (χ1n) is 7.14. The van der Waals surface area contributed by atoms with Crippen LogP contribution in [-0.2, 0) is 11.3 Å². The number of nitrogens with one attached hydrogen (secondary N) is 1. The lowest BCUT2D eigenvalue weighted by Crippen LogP contribution is -2.43. The topological polar surface area (TPSA) is 58.4 Å². The second-order valence-corrected chi connectivity index (χ2v) is 6.10. The number of hydrogen-bond acceptors (Lipinski definition) is 3. The summed E-state index contributed by atoms with van der Waals surface area (Å²) >= 11 is 3.58. The number of amides is 1. The van der Waals surface area contributed by atoms with E-state index in [-0.39, 0.29) is 11.8 Å². The molecule has 5 heteroatoms. The van der Waals surface area contributed by atoms with Gasteiger partial charge in [0.1, 0.15) is 0 Å². The van der Waals surface area contributed by atoms with Crippen LogP contribution in [0.2, 0.25) is 0 Å². The minimum absolute atomic E-state index is 0.0952. The van der Waals surface area contributed by atoms with E-state index in [0.29, 0.717) is 13.1 Å². The molecule has 3 N–H and O–H groups in total. The summed E-state index contributed by atoms with van der Waals surface area (Å²) in [7, 11) is 0. The lowest BCUT2D eigenvalue weighted by molar-refractivity contribution is -0.126. The van der Waals surface area contributed by atoms with Crippen molar-refractivity contribution in [2.45, 2.75) is 19.4 Å². The van der Waals surface area contributed by atoms with Gasteiger partial charge in [-0.1, -0.05) is 34.1 Å². The van der Waals surface area contributed by atoms with Crippen LogP contribution in [0.25, 0.3) is 0 Å². The molecule has 1 heterocycles. The molecule has 0 aromatic heterocycles. The Bertz CT molecular complexity index is 452. The summed E-state index contributed by atoms with van der Waals surface area (Å²) in [6.07, 6.45) is 2.05. The maximum Gasteiger partial charge on any atom is 0.224 e. The molecule has 0 bridgehead atoms. The number of likely N-dealkylation sites (tertiary alicyclic amines) is 1. The van der Waals surface area contributed by atoms with Gasteiger partial charge in [0, 0.05) is 30.7 Å². The number of carbonyl (C=O) groups is 1. The molecule has 1 aromatic carbocycles. The van der Waals surface area contributed by atoms with Gasteiger partial charge < -0.3 is 11.1 Å². The summed E-state index contributed by atoms with van der Waals surface area (Å²) in [4.78, 5) is 14.4. The van der Waals surface area contributed by atoms with Crippen LogP contribution in [0.4, 0.5) is 0 Å². The standard InChI is InChI=1S/C15H22BrN3O/c16-14-6-2-1-4-12(14)10-19-9-3-5-13(11-19)15(20)18-8-7-17/h1-2,4,6,13H,3,5,7-11,17H2,(H,18,20). The maximum absolute atomic E-state index is 12.0. The van der Waals surface area contributed by atoms with Crippen LogP contribution in [-0.4, -0.2) is 37.0 Å². The lowest BCUT2D eigenvalue weighted by atomic mass is 9.96. The summed E-state index contributed by atoms with van der Waals surface area (Å²) in [5.74, 6) is 0.241. The second-order valence-electron chi connectivity index (χ2n) is 5.25. The van der Waals surface area contributed by atoms with Crippen molar-refractivity contribution in [3.05, 3.63) is 34.3 Å². The second kappa shape index (κ2) is 7.76. The molecule has 0 saturated carbocycles. The molecule has 110 valence electrons. The third-order valence-corrected chi connectivity index (χ3v) is 4.45. The number of carbonyl (C=O) groups excluding carboxylic acids is 1.